The topological polar surface area (TPSA) is 40.5 Å². The van der Waals surface area contributed by atoms with Gasteiger partial charge in [-0.2, -0.15) is 0 Å². The van der Waals surface area contributed by atoms with Crippen molar-refractivity contribution in [1.29, 1.82) is 0 Å². The van der Waals surface area contributed by atoms with E-state index in [-0.39, 0.29) is 5.82 Å². The van der Waals surface area contributed by atoms with E-state index >= 15 is 0 Å². The monoisotopic (exact) mass is 114 g/mol. The molecule has 2 atom stereocenters. The Hall–Kier alpha value is -0.0151. The second-order valence-electron chi connectivity index (χ2n) is 2.48. The maximum absolute atomic E-state index is 8.55. The molecule has 1 saturated carbocycles. The molecule has 0 saturated heterocycles. The van der Waals surface area contributed by atoms with Gasteiger partial charge in [0.25, 0.3) is 0 Å². The molecule has 0 aliphatic heterocycles. The van der Waals surface area contributed by atoms with Gasteiger partial charge in [0, 0.05) is 0 Å². The van der Waals surface area contributed by atoms with Crippen molar-refractivity contribution in [3.05, 3.63) is 0 Å². The Bertz CT molecular complexity index is 84.5. The highest BCUT2D eigenvalue weighted by atomic mass is 16.4. The molecule has 0 aromatic carbocycles. The van der Waals surface area contributed by atoms with E-state index in [1.165, 1.54) is 0 Å². The number of hydrogen-bond donors (Lipinski definition) is 2. The third-order valence-corrected chi connectivity index (χ3v) is 1.88. The van der Waals surface area contributed by atoms with Crippen LogP contribution in [0.1, 0.15) is 19.8 Å². The molecule has 1 fully saturated rings. The fourth-order valence-electron chi connectivity index (χ4n) is 1.11. The van der Waals surface area contributed by atoms with Crippen LogP contribution in [0.25, 0.3) is 0 Å². The lowest BCUT2D eigenvalue weighted by Gasteiger charge is -1.91. The summed E-state index contributed by atoms with van der Waals surface area (Å²) >= 11 is 0. The standard InChI is InChI=1S/C5H11BO2/c1-2-4-3-5(4)6(7)8/h4-5,7-8H,2-3H2,1H3/t4-,5-/m1/s1. The molecule has 0 heterocycles. The van der Waals surface area contributed by atoms with Gasteiger partial charge in [0.15, 0.2) is 0 Å². The quantitative estimate of drug-likeness (QED) is 0.505. The first kappa shape index (κ1) is 6.11. The Labute approximate surface area is 49.7 Å². The molecule has 0 bridgehead atoms. The van der Waals surface area contributed by atoms with Gasteiger partial charge in [0.05, 0.1) is 0 Å². The Morgan fingerprint density at radius 2 is 2.25 bits per heavy atom. The molecule has 2 nitrogen and oxygen atoms in total. The SMILES string of the molecule is CC[C@@H]1C[C@H]1B(O)O. The van der Waals surface area contributed by atoms with E-state index in [1.807, 2.05) is 0 Å². The average molecular weight is 114 g/mol. The van der Waals surface area contributed by atoms with Crippen LogP contribution in [0, 0.1) is 5.92 Å². The second-order valence-corrected chi connectivity index (χ2v) is 2.48. The van der Waals surface area contributed by atoms with Gasteiger partial charge in [-0.15, -0.1) is 0 Å². The molecule has 0 aromatic heterocycles. The molecule has 2 N–H and O–H groups in total. The van der Waals surface area contributed by atoms with Crippen molar-refractivity contribution in [3.8, 4) is 0 Å². The van der Waals surface area contributed by atoms with Crippen LogP contribution in [-0.2, 0) is 0 Å². The Morgan fingerprint density at radius 1 is 1.62 bits per heavy atom. The van der Waals surface area contributed by atoms with Crippen LogP contribution in [0.3, 0.4) is 0 Å². The molecule has 1 aliphatic carbocycles. The zero-order chi connectivity index (χ0) is 6.15. The summed E-state index contributed by atoms with van der Waals surface area (Å²) in [5.41, 5.74) is 0. The summed E-state index contributed by atoms with van der Waals surface area (Å²) in [5, 5.41) is 17.1. The van der Waals surface area contributed by atoms with E-state index in [9.17, 15) is 0 Å². The molecule has 1 aliphatic rings. The Balaban J connectivity index is 2.16. The van der Waals surface area contributed by atoms with Gasteiger partial charge in [0.1, 0.15) is 0 Å². The lowest BCUT2D eigenvalue weighted by Crippen LogP contribution is -2.11. The molecule has 3 heteroatoms. The largest absolute Gasteiger partial charge is 0.455 e. The number of rotatable bonds is 2. The van der Waals surface area contributed by atoms with Crippen molar-refractivity contribution >= 4 is 7.12 Å². The first-order valence-corrected chi connectivity index (χ1v) is 3.11. The molecule has 1 rings (SSSR count). The molecular weight excluding hydrogens is 103 g/mol. The predicted molar refractivity (Wildman–Crippen MR) is 32.3 cm³/mol. The van der Waals surface area contributed by atoms with Crippen molar-refractivity contribution < 1.29 is 10.0 Å². The van der Waals surface area contributed by atoms with E-state index in [0.717, 1.165) is 12.8 Å². The predicted octanol–water partition coefficient (Wildman–Crippen LogP) is 0.259. The van der Waals surface area contributed by atoms with Crippen LogP contribution in [0.2, 0.25) is 5.82 Å². The van der Waals surface area contributed by atoms with Crippen LogP contribution in [-0.4, -0.2) is 17.2 Å². The van der Waals surface area contributed by atoms with E-state index < -0.39 is 7.12 Å². The van der Waals surface area contributed by atoms with Crippen molar-refractivity contribution in [3.63, 3.8) is 0 Å². The van der Waals surface area contributed by atoms with Crippen molar-refractivity contribution in [2.24, 2.45) is 5.92 Å². The first-order chi connectivity index (χ1) is 3.75. The molecular formula is C5H11BO2. The summed E-state index contributed by atoms with van der Waals surface area (Å²) in [5.74, 6) is 0.787. The van der Waals surface area contributed by atoms with Gasteiger partial charge >= 0.3 is 7.12 Å². The zero-order valence-corrected chi connectivity index (χ0v) is 5.04. The number of hydrogen-bond acceptors (Lipinski definition) is 2. The summed E-state index contributed by atoms with van der Waals surface area (Å²) in [7, 11) is -1.06. The molecule has 46 valence electrons. The second kappa shape index (κ2) is 2.07. The minimum Gasteiger partial charge on any atom is -0.427 e. The summed E-state index contributed by atoms with van der Waals surface area (Å²) in [4.78, 5) is 0. The van der Waals surface area contributed by atoms with Gasteiger partial charge in [0.2, 0.25) is 0 Å². The molecule has 0 spiro atoms. The lowest BCUT2D eigenvalue weighted by molar-refractivity contribution is 0.400. The van der Waals surface area contributed by atoms with Gasteiger partial charge < -0.3 is 10.0 Å². The summed E-state index contributed by atoms with van der Waals surface area (Å²) in [6.45, 7) is 2.08. The molecule has 0 unspecified atom stereocenters. The van der Waals surface area contributed by atoms with Gasteiger partial charge in [-0.3, -0.25) is 0 Å². The molecule has 0 aromatic rings. The van der Waals surface area contributed by atoms with Crippen molar-refractivity contribution in [2.45, 2.75) is 25.6 Å². The van der Waals surface area contributed by atoms with E-state index in [2.05, 4.69) is 6.92 Å². The smallest absolute Gasteiger partial charge is 0.427 e. The summed E-state index contributed by atoms with van der Waals surface area (Å²) in [6.07, 6.45) is 2.09. The van der Waals surface area contributed by atoms with E-state index in [1.54, 1.807) is 0 Å². The van der Waals surface area contributed by atoms with Crippen LogP contribution in [0.4, 0.5) is 0 Å². The molecule has 0 amide bonds. The normalized spacial score (nSPS) is 34.9. The summed E-state index contributed by atoms with van der Waals surface area (Å²) < 4.78 is 0. The fourth-order valence-corrected chi connectivity index (χ4v) is 1.11. The maximum Gasteiger partial charge on any atom is 0.455 e. The molecule has 0 radical (unpaired) electrons. The van der Waals surface area contributed by atoms with E-state index in [0.29, 0.717) is 5.92 Å². The van der Waals surface area contributed by atoms with Gasteiger partial charge in [-0.05, 0) is 18.2 Å². The average Bonchev–Trinajstić information content (AvgIpc) is 2.42. The highest BCUT2D eigenvalue weighted by Crippen LogP contribution is 2.47. The van der Waals surface area contributed by atoms with Gasteiger partial charge in [-0.1, -0.05) is 13.3 Å². The van der Waals surface area contributed by atoms with Crippen LogP contribution in [0.15, 0.2) is 0 Å². The minimum atomic E-state index is -1.06. The summed E-state index contributed by atoms with van der Waals surface area (Å²) in [6, 6.07) is 0. The van der Waals surface area contributed by atoms with Crippen LogP contribution < -0.4 is 0 Å². The van der Waals surface area contributed by atoms with Crippen LogP contribution >= 0.6 is 0 Å². The lowest BCUT2D eigenvalue weighted by atomic mass is 9.82. The van der Waals surface area contributed by atoms with Crippen molar-refractivity contribution in [2.75, 3.05) is 0 Å². The maximum atomic E-state index is 8.55. The fraction of sp³-hybridized carbons (Fsp3) is 1.00. The van der Waals surface area contributed by atoms with Gasteiger partial charge in [-0.25, -0.2) is 0 Å². The van der Waals surface area contributed by atoms with E-state index in [4.69, 9.17) is 10.0 Å². The zero-order valence-electron chi connectivity index (χ0n) is 5.04. The highest BCUT2D eigenvalue weighted by molar-refractivity contribution is 6.44. The Kier molecular flexibility index (Phi) is 1.58. The minimum absolute atomic E-state index is 0.194. The Morgan fingerprint density at radius 3 is 2.38 bits per heavy atom. The highest BCUT2D eigenvalue weighted by Gasteiger charge is 2.43. The van der Waals surface area contributed by atoms with Crippen LogP contribution in [0.5, 0.6) is 0 Å². The molecule has 8 heavy (non-hydrogen) atoms. The first-order valence-electron chi connectivity index (χ1n) is 3.11. The third kappa shape index (κ3) is 1.04. The third-order valence-electron chi connectivity index (χ3n) is 1.88. The van der Waals surface area contributed by atoms with Crippen molar-refractivity contribution in [1.82, 2.24) is 0 Å².